The lowest BCUT2D eigenvalue weighted by atomic mass is 9.95. The van der Waals surface area contributed by atoms with Crippen molar-refractivity contribution in [1.29, 1.82) is 0 Å². The van der Waals surface area contributed by atoms with E-state index >= 15 is 0 Å². The Labute approximate surface area is 145 Å². The van der Waals surface area contributed by atoms with Gasteiger partial charge in [0, 0.05) is 19.1 Å². The van der Waals surface area contributed by atoms with Gasteiger partial charge in [-0.05, 0) is 25.7 Å². The Kier molecular flexibility index (Phi) is 9.03. The Balaban J connectivity index is 0.00000220. The lowest BCUT2D eigenvalue weighted by molar-refractivity contribution is -0.120. The number of likely N-dealkylation sites (tertiary alicyclic amines) is 1. The largest absolute Gasteiger partial charge is 0.370 e. The highest BCUT2D eigenvalue weighted by Gasteiger charge is 2.16. The van der Waals surface area contributed by atoms with Crippen LogP contribution in [-0.4, -0.2) is 42.4 Å². The van der Waals surface area contributed by atoms with Crippen LogP contribution in [0.3, 0.4) is 0 Å². The Bertz CT molecular complexity index is 335. The average molecular weight is 408 g/mol. The van der Waals surface area contributed by atoms with Gasteiger partial charge in [0.05, 0.1) is 0 Å². The SMILES string of the molecule is I.NC(=NCC(=O)NC1CCCCC1)N1CCCCCC1. The maximum Gasteiger partial charge on any atom is 0.242 e. The van der Waals surface area contributed by atoms with E-state index in [1.54, 1.807) is 0 Å². The minimum atomic E-state index is 0. The van der Waals surface area contributed by atoms with Gasteiger partial charge in [-0.15, -0.1) is 24.0 Å². The lowest BCUT2D eigenvalue weighted by Crippen LogP contribution is -2.40. The second-order valence-electron chi connectivity index (χ2n) is 5.98. The molecule has 3 N–H and O–H groups in total. The van der Waals surface area contributed by atoms with E-state index in [1.807, 2.05) is 0 Å². The van der Waals surface area contributed by atoms with E-state index in [-0.39, 0.29) is 36.4 Å². The van der Waals surface area contributed by atoms with Crippen LogP contribution in [-0.2, 0) is 4.79 Å². The summed E-state index contributed by atoms with van der Waals surface area (Å²) in [6, 6.07) is 0.353. The molecule has 0 unspecified atom stereocenters. The second-order valence-corrected chi connectivity index (χ2v) is 5.98. The Morgan fingerprint density at radius 1 is 1.05 bits per heavy atom. The number of carbonyl (C=O) groups excluding carboxylic acids is 1. The van der Waals surface area contributed by atoms with Gasteiger partial charge < -0.3 is 16.0 Å². The smallest absolute Gasteiger partial charge is 0.242 e. The third kappa shape index (κ3) is 6.84. The summed E-state index contributed by atoms with van der Waals surface area (Å²) in [5.41, 5.74) is 6.00. The van der Waals surface area contributed by atoms with Crippen molar-refractivity contribution in [2.24, 2.45) is 10.7 Å². The molecule has 0 spiro atoms. The number of halogens is 1. The number of rotatable bonds is 3. The molecule has 0 radical (unpaired) electrons. The number of aliphatic imine (C=N–C) groups is 1. The van der Waals surface area contributed by atoms with Gasteiger partial charge in [-0.25, -0.2) is 4.99 Å². The van der Waals surface area contributed by atoms with E-state index < -0.39 is 0 Å². The maximum atomic E-state index is 11.9. The van der Waals surface area contributed by atoms with Gasteiger partial charge >= 0.3 is 0 Å². The summed E-state index contributed by atoms with van der Waals surface area (Å²) in [6.07, 6.45) is 10.8. The predicted octanol–water partition coefficient (Wildman–Crippen LogP) is 2.24. The third-order valence-electron chi connectivity index (χ3n) is 4.29. The van der Waals surface area contributed by atoms with Crippen molar-refractivity contribution in [2.45, 2.75) is 63.8 Å². The second kappa shape index (κ2) is 10.2. The minimum absolute atomic E-state index is 0. The highest BCUT2D eigenvalue weighted by atomic mass is 127. The van der Waals surface area contributed by atoms with Crippen molar-refractivity contribution in [2.75, 3.05) is 19.6 Å². The molecule has 122 valence electrons. The summed E-state index contributed by atoms with van der Waals surface area (Å²) in [6.45, 7) is 2.11. The van der Waals surface area contributed by atoms with Crippen LogP contribution in [0.15, 0.2) is 4.99 Å². The minimum Gasteiger partial charge on any atom is -0.370 e. The molecule has 1 aliphatic heterocycles. The van der Waals surface area contributed by atoms with E-state index in [1.165, 1.54) is 44.9 Å². The van der Waals surface area contributed by atoms with Crippen LogP contribution in [0, 0.1) is 0 Å². The topological polar surface area (TPSA) is 70.7 Å². The fourth-order valence-electron chi connectivity index (χ4n) is 3.07. The van der Waals surface area contributed by atoms with E-state index in [4.69, 9.17) is 5.73 Å². The molecule has 2 rings (SSSR count). The number of nitrogens with two attached hydrogens (primary N) is 1. The molecule has 0 aromatic heterocycles. The Morgan fingerprint density at radius 3 is 2.24 bits per heavy atom. The lowest BCUT2D eigenvalue weighted by Gasteiger charge is -2.23. The molecule has 1 heterocycles. The van der Waals surface area contributed by atoms with Crippen LogP contribution < -0.4 is 11.1 Å². The van der Waals surface area contributed by atoms with E-state index in [0.717, 1.165) is 25.9 Å². The van der Waals surface area contributed by atoms with E-state index in [2.05, 4.69) is 15.2 Å². The molecular formula is C15H29IN4O. The van der Waals surface area contributed by atoms with Crippen LogP contribution in [0.5, 0.6) is 0 Å². The van der Waals surface area contributed by atoms with Crippen LogP contribution in [0.2, 0.25) is 0 Å². The van der Waals surface area contributed by atoms with Gasteiger partial charge in [0.1, 0.15) is 6.54 Å². The number of nitrogens with zero attached hydrogens (tertiary/aromatic N) is 2. The number of hydrogen-bond donors (Lipinski definition) is 2. The average Bonchev–Trinajstić information content (AvgIpc) is 2.75. The van der Waals surface area contributed by atoms with Gasteiger partial charge in [-0.2, -0.15) is 0 Å². The standard InChI is InChI=1S/C15H28N4O.HI/c16-15(19-10-6-1-2-7-11-19)17-12-14(20)18-13-8-4-3-5-9-13;/h13H,1-12H2,(H2,16,17)(H,18,20);1H. The van der Waals surface area contributed by atoms with Crippen molar-refractivity contribution < 1.29 is 4.79 Å². The number of hydrogen-bond acceptors (Lipinski definition) is 2. The first-order chi connectivity index (χ1) is 9.75. The fraction of sp³-hybridized carbons (Fsp3) is 0.867. The molecule has 21 heavy (non-hydrogen) atoms. The van der Waals surface area contributed by atoms with Crippen LogP contribution in [0.1, 0.15) is 57.8 Å². The summed E-state index contributed by atoms with van der Waals surface area (Å²) >= 11 is 0. The fourth-order valence-corrected chi connectivity index (χ4v) is 3.07. The summed E-state index contributed by atoms with van der Waals surface area (Å²) in [5, 5.41) is 3.07. The number of carbonyl (C=O) groups is 1. The molecule has 2 fully saturated rings. The molecule has 0 atom stereocenters. The molecule has 5 nitrogen and oxygen atoms in total. The molecule has 1 saturated heterocycles. The van der Waals surface area contributed by atoms with Crippen molar-refractivity contribution in [3.8, 4) is 0 Å². The maximum absolute atomic E-state index is 11.9. The van der Waals surface area contributed by atoms with E-state index in [0.29, 0.717) is 12.0 Å². The summed E-state index contributed by atoms with van der Waals surface area (Å²) < 4.78 is 0. The molecule has 1 saturated carbocycles. The molecule has 0 aromatic rings. The van der Waals surface area contributed by atoms with Crippen LogP contribution in [0.4, 0.5) is 0 Å². The van der Waals surface area contributed by atoms with Crippen molar-refractivity contribution in [1.82, 2.24) is 10.2 Å². The zero-order valence-corrected chi connectivity index (χ0v) is 15.2. The van der Waals surface area contributed by atoms with Crippen molar-refractivity contribution >= 4 is 35.8 Å². The molecule has 0 bridgehead atoms. The first-order valence-electron chi connectivity index (χ1n) is 8.10. The first-order valence-corrected chi connectivity index (χ1v) is 8.10. The zero-order chi connectivity index (χ0) is 14.2. The molecule has 6 heteroatoms. The highest BCUT2D eigenvalue weighted by molar-refractivity contribution is 14.0. The molecule has 0 aromatic carbocycles. The predicted molar refractivity (Wildman–Crippen MR) is 97.0 cm³/mol. The Hall–Kier alpha value is -0.530. The number of nitrogens with one attached hydrogen (secondary N) is 1. The Morgan fingerprint density at radius 2 is 1.62 bits per heavy atom. The summed E-state index contributed by atoms with van der Waals surface area (Å²) in [4.78, 5) is 18.2. The van der Waals surface area contributed by atoms with Gasteiger partial charge in [0.15, 0.2) is 5.96 Å². The highest BCUT2D eigenvalue weighted by Crippen LogP contribution is 2.17. The zero-order valence-electron chi connectivity index (χ0n) is 12.9. The monoisotopic (exact) mass is 408 g/mol. The molecule has 1 aliphatic carbocycles. The normalized spacial score (nSPS) is 21.3. The molecule has 2 aliphatic rings. The number of amides is 1. The quantitative estimate of drug-likeness (QED) is 0.428. The van der Waals surface area contributed by atoms with E-state index in [9.17, 15) is 4.79 Å². The first kappa shape index (κ1) is 18.5. The molecule has 1 amide bonds. The van der Waals surface area contributed by atoms with Gasteiger partial charge in [0.25, 0.3) is 0 Å². The molecular weight excluding hydrogens is 379 g/mol. The van der Waals surface area contributed by atoms with Gasteiger partial charge in [-0.3, -0.25) is 4.79 Å². The van der Waals surface area contributed by atoms with Crippen molar-refractivity contribution in [3.63, 3.8) is 0 Å². The summed E-state index contributed by atoms with van der Waals surface area (Å²) in [7, 11) is 0. The van der Waals surface area contributed by atoms with Gasteiger partial charge in [-0.1, -0.05) is 32.1 Å². The van der Waals surface area contributed by atoms with Crippen molar-refractivity contribution in [3.05, 3.63) is 0 Å². The van der Waals surface area contributed by atoms with Crippen LogP contribution in [0.25, 0.3) is 0 Å². The third-order valence-corrected chi connectivity index (χ3v) is 4.29. The van der Waals surface area contributed by atoms with Gasteiger partial charge in [0.2, 0.25) is 5.91 Å². The number of guanidine groups is 1. The van der Waals surface area contributed by atoms with Crippen LogP contribution >= 0.6 is 24.0 Å². The summed E-state index contributed by atoms with van der Waals surface area (Å²) in [5.74, 6) is 0.542.